The Balaban J connectivity index is 2.14. The van der Waals surface area contributed by atoms with Gasteiger partial charge in [-0.2, -0.15) is 0 Å². The van der Waals surface area contributed by atoms with Gasteiger partial charge in [0.25, 0.3) is 0 Å². The van der Waals surface area contributed by atoms with Gasteiger partial charge in [0.05, 0.1) is 11.3 Å². The van der Waals surface area contributed by atoms with Gasteiger partial charge in [-0.1, -0.05) is 63.3 Å². The molecule has 2 aliphatic rings. The molecule has 0 aromatic rings. The van der Waals surface area contributed by atoms with E-state index in [-0.39, 0.29) is 11.5 Å². The molecule has 0 saturated heterocycles. The summed E-state index contributed by atoms with van der Waals surface area (Å²) in [7, 11) is 0. The SMILES string of the molecule is C=CCON=C(CCC)C1=C(O)CC(C2CCCCC2)CC1=O. The first-order valence-electron chi connectivity index (χ1n) is 8.92. The Morgan fingerprint density at radius 2 is 2.04 bits per heavy atom. The van der Waals surface area contributed by atoms with Gasteiger partial charge in [-0.15, -0.1) is 0 Å². The van der Waals surface area contributed by atoms with Gasteiger partial charge in [-0.3, -0.25) is 4.79 Å². The highest BCUT2D eigenvalue weighted by atomic mass is 16.6. The highest BCUT2D eigenvalue weighted by Crippen LogP contribution is 2.39. The lowest BCUT2D eigenvalue weighted by Crippen LogP contribution is -2.29. The van der Waals surface area contributed by atoms with Gasteiger partial charge in [-0.05, 0) is 18.3 Å². The van der Waals surface area contributed by atoms with Crippen LogP contribution >= 0.6 is 0 Å². The first-order chi connectivity index (χ1) is 11.2. The summed E-state index contributed by atoms with van der Waals surface area (Å²) in [5.74, 6) is 1.12. The van der Waals surface area contributed by atoms with Crippen LogP contribution in [0.25, 0.3) is 0 Å². The summed E-state index contributed by atoms with van der Waals surface area (Å²) in [6, 6.07) is 0. The second-order valence-electron chi connectivity index (χ2n) is 6.68. The van der Waals surface area contributed by atoms with E-state index < -0.39 is 0 Å². The second kappa shape index (κ2) is 8.90. The van der Waals surface area contributed by atoms with Crippen LogP contribution in [-0.2, 0) is 9.63 Å². The van der Waals surface area contributed by atoms with Crippen molar-refractivity contribution in [1.82, 2.24) is 0 Å². The quantitative estimate of drug-likeness (QED) is 0.320. The van der Waals surface area contributed by atoms with E-state index in [4.69, 9.17) is 4.84 Å². The lowest BCUT2D eigenvalue weighted by Gasteiger charge is -2.33. The lowest BCUT2D eigenvalue weighted by molar-refractivity contribution is -0.117. The zero-order valence-corrected chi connectivity index (χ0v) is 14.2. The molecule has 128 valence electrons. The van der Waals surface area contributed by atoms with E-state index in [9.17, 15) is 9.90 Å². The molecule has 1 atom stereocenters. The maximum atomic E-state index is 12.6. The number of ketones is 1. The Morgan fingerprint density at radius 1 is 1.30 bits per heavy atom. The van der Waals surface area contributed by atoms with Crippen LogP contribution in [0, 0.1) is 11.8 Å². The molecule has 0 amide bonds. The molecule has 0 aromatic carbocycles. The second-order valence-corrected chi connectivity index (χ2v) is 6.68. The minimum Gasteiger partial charge on any atom is -0.511 e. The van der Waals surface area contributed by atoms with E-state index in [0.717, 1.165) is 6.42 Å². The van der Waals surface area contributed by atoms with Crippen molar-refractivity contribution in [3.63, 3.8) is 0 Å². The van der Waals surface area contributed by atoms with E-state index in [2.05, 4.69) is 11.7 Å². The third kappa shape index (κ3) is 4.69. The van der Waals surface area contributed by atoms with Crippen LogP contribution in [0.4, 0.5) is 0 Å². The predicted octanol–water partition coefficient (Wildman–Crippen LogP) is 4.72. The molecule has 0 bridgehead atoms. The summed E-state index contributed by atoms with van der Waals surface area (Å²) in [5, 5.41) is 14.6. The van der Waals surface area contributed by atoms with E-state index in [0.29, 0.717) is 49.0 Å². The molecule has 0 radical (unpaired) electrons. The maximum absolute atomic E-state index is 12.6. The van der Waals surface area contributed by atoms with E-state index in [1.165, 1.54) is 32.1 Å². The van der Waals surface area contributed by atoms with Gasteiger partial charge in [-0.25, -0.2) is 0 Å². The number of allylic oxidation sites excluding steroid dienone is 2. The normalized spacial score (nSPS) is 24.0. The Bertz CT molecular complexity index is 487. The number of hydrogen-bond donors (Lipinski definition) is 1. The van der Waals surface area contributed by atoms with Crippen molar-refractivity contribution in [2.75, 3.05) is 6.61 Å². The largest absolute Gasteiger partial charge is 0.511 e. The van der Waals surface area contributed by atoms with Gasteiger partial charge < -0.3 is 9.94 Å². The summed E-state index contributed by atoms with van der Waals surface area (Å²) in [6.07, 6.45) is 10.4. The van der Waals surface area contributed by atoms with Crippen molar-refractivity contribution in [1.29, 1.82) is 0 Å². The Hall–Kier alpha value is -1.58. The fourth-order valence-electron chi connectivity index (χ4n) is 3.81. The third-order valence-electron chi connectivity index (χ3n) is 4.93. The monoisotopic (exact) mass is 319 g/mol. The average Bonchev–Trinajstić information content (AvgIpc) is 2.55. The van der Waals surface area contributed by atoms with Gasteiger partial charge in [0.15, 0.2) is 5.78 Å². The van der Waals surface area contributed by atoms with Gasteiger partial charge in [0.2, 0.25) is 0 Å². The third-order valence-corrected chi connectivity index (χ3v) is 4.93. The molecule has 2 aliphatic carbocycles. The van der Waals surface area contributed by atoms with Crippen LogP contribution in [0.5, 0.6) is 0 Å². The summed E-state index contributed by atoms with van der Waals surface area (Å²) >= 11 is 0. The van der Waals surface area contributed by atoms with E-state index >= 15 is 0 Å². The van der Waals surface area contributed by atoms with Crippen LogP contribution in [0.15, 0.2) is 29.1 Å². The molecule has 1 saturated carbocycles. The minimum absolute atomic E-state index is 0.0266. The zero-order chi connectivity index (χ0) is 16.7. The molecule has 23 heavy (non-hydrogen) atoms. The van der Waals surface area contributed by atoms with Crippen LogP contribution in [0.2, 0.25) is 0 Å². The smallest absolute Gasteiger partial charge is 0.168 e. The molecule has 0 aliphatic heterocycles. The Kier molecular flexibility index (Phi) is 6.87. The number of aliphatic hydroxyl groups excluding tert-OH is 1. The number of nitrogens with zero attached hydrogens (tertiary/aromatic N) is 1. The number of aliphatic hydroxyl groups is 1. The van der Waals surface area contributed by atoms with E-state index in [1.807, 2.05) is 6.92 Å². The standard InChI is InChI=1S/C19H29NO3/c1-3-8-16(20-23-11-4-2)19-17(21)12-15(13-18(19)22)14-9-6-5-7-10-14/h4,14-15,21H,2-3,5-13H2,1H3. The first-order valence-corrected chi connectivity index (χ1v) is 8.92. The molecule has 1 unspecified atom stereocenters. The molecule has 4 nitrogen and oxygen atoms in total. The van der Waals surface area contributed by atoms with Gasteiger partial charge >= 0.3 is 0 Å². The summed E-state index contributed by atoms with van der Waals surface area (Å²) < 4.78 is 0. The minimum atomic E-state index is 0.0266. The number of Topliss-reactive ketones (excluding diaryl/α,β-unsaturated/α-hetero) is 1. The fraction of sp³-hybridized carbons (Fsp3) is 0.684. The molecule has 1 N–H and O–H groups in total. The lowest BCUT2D eigenvalue weighted by atomic mass is 9.72. The van der Waals surface area contributed by atoms with Crippen molar-refractivity contribution in [2.24, 2.45) is 17.0 Å². The van der Waals surface area contributed by atoms with Crippen molar-refractivity contribution < 1.29 is 14.7 Å². The van der Waals surface area contributed by atoms with Crippen molar-refractivity contribution in [3.8, 4) is 0 Å². The maximum Gasteiger partial charge on any atom is 0.168 e. The average molecular weight is 319 g/mol. The van der Waals surface area contributed by atoms with Crippen LogP contribution in [0.1, 0.15) is 64.7 Å². The van der Waals surface area contributed by atoms with Crippen molar-refractivity contribution in [2.45, 2.75) is 64.7 Å². The van der Waals surface area contributed by atoms with Crippen LogP contribution < -0.4 is 0 Å². The number of oxime groups is 1. The van der Waals surface area contributed by atoms with E-state index in [1.54, 1.807) is 6.08 Å². The zero-order valence-electron chi connectivity index (χ0n) is 14.2. The first kappa shape index (κ1) is 17.8. The Labute approximate surface area is 139 Å². The van der Waals surface area contributed by atoms with Gasteiger partial charge in [0, 0.05) is 12.8 Å². The highest BCUT2D eigenvalue weighted by molar-refractivity contribution is 6.23. The Morgan fingerprint density at radius 3 is 2.65 bits per heavy atom. The van der Waals surface area contributed by atoms with Crippen LogP contribution in [-0.4, -0.2) is 23.2 Å². The fourth-order valence-corrected chi connectivity index (χ4v) is 3.81. The number of rotatable bonds is 7. The number of carbonyl (C=O) groups excluding carboxylic acids is 1. The highest BCUT2D eigenvalue weighted by Gasteiger charge is 2.34. The summed E-state index contributed by atoms with van der Waals surface area (Å²) in [5.41, 5.74) is 0.988. The number of carbonyl (C=O) groups is 1. The molecule has 2 rings (SSSR count). The molecular weight excluding hydrogens is 290 g/mol. The molecule has 0 aromatic heterocycles. The predicted molar refractivity (Wildman–Crippen MR) is 92.5 cm³/mol. The van der Waals surface area contributed by atoms with Crippen molar-refractivity contribution in [3.05, 3.63) is 24.0 Å². The molecular formula is C19H29NO3. The molecule has 0 spiro atoms. The molecule has 4 heteroatoms. The van der Waals surface area contributed by atoms with Crippen LogP contribution in [0.3, 0.4) is 0 Å². The van der Waals surface area contributed by atoms with Crippen molar-refractivity contribution >= 4 is 11.5 Å². The topological polar surface area (TPSA) is 58.9 Å². The molecule has 0 heterocycles. The summed E-state index contributed by atoms with van der Waals surface area (Å²) in [4.78, 5) is 17.8. The molecule has 1 fully saturated rings. The number of hydrogen-bond acceptors (Lipinski definition) is 4. The summed E-state index contributed by atoms with van der Waals surface area (Å²) in [6.45, 7) is 5.92. The van der Waals surface area contributed by atoms with Gasteiger partial charge in [0.1, 0.15) is 12.4 Å².